The van der Waals surface area contributed by atoms with Crippen LogP contribution in [0.25, 0.3) is 0 Å². The summed E-state index contributed by atoms with van der Waals surface area (Å²) in [6, 6.07) is 12.5. The number of sulfone groups is 1. The molecule has 0 saturated carbocycles. The molecule has 32 heavy (non-hydrogen) atoms. The van der Waals surface area contributed by atoms with Crippen LogP contribution in [0.15, 0.2) is 76.9 Å². The maximum absolute atomic E-state index is 13.3. The standard InChI is InChI=1S/C22H23N5O4S/c28-22(25-16-17-3-1-9-23-15-17)26-18-5-7-19(8-6-18)32(29,30)20-4-2-10-24-21(20)27-11-13-31-14-12-27/h1-10,15H,11-14,16H2,(H2,25,26,28). The maximum atomic E-state index is 13.3. The second-order valence-electron chi connectivity index (χ2n) is 7.12. The molecule has 166 valence electrons. The highest BCUT2D eigenvalue weighted by Gasteiger charge is 2.26. The highest BCUT2D eigenvalue weighted by atomic mass is 32.2. The van der Waals surface area contributed by atoms with E-state index in [2.05, 4.69) is 20.6 Å². The minimum Gasteiger partial charge on any atom is -0.378 e. The Labute approximate surface area is 186 Å². The maximum Gasteiger partial charge on any atom is 0.319 e. The fourth-order valence-electron chi connectivity index (χ4n) is 3.31. The number of aromatic nitrogens is 2. The summed E-state index contributed by atoms with van der Waals surface area (Å²) in [6.07, 6.45) is 4.92. The summed E-state index contributed by atoms with van der Waals surface area (Å²) in [5, 5.41) is 5.42. The van der Waals surface area contributed by atoms with Gasteiger partial charge >= 0.3 is 6.03 Å². The highest BCUT2D eigenvalue weighted by Crippen LogP contribution is 2.29. The van der Waals surface area contributed by atoms with Crippen molar-refractivity contribution in [1.29, 1.82) is 0 Å². The van der Waals surface area contributed by atoms with Gasteiger partial charge in [0.05, 0.1) is 18.1 Å². The van der Waals surface area contributed by atoms with Crippen LogP contribution in [-0.2, 0) is 21.1 Å². The SMILES string of the molecule is O=C(NCc1cccnc1)Nc1ccc(S(=O)(=O)c2cccnc2N2CCOCC2)cc1. The number of urea groups is 1. The van der Waals surface area contributed by atoms with E-state index in [1.807, 2.05) is 11.0 Å². The lowest BCUT2D eigenvalue weighted by Gasteiger charge is -2.29. The normalized spacial score (nSPS) is 14.1. The average molecular weight is 454 g/mol. The summed E-state index contributed by atoms with van der Waals surface area (Å²) in [6.45, 7) is 2.54. The van der Waals surface area contributed by atoms with Crippen molar-refractivity contribution in [2.75, 3.05) is 36.5 Å². The lowest BCUT2D eigenvalue weighted by Crippen LogP contribution is -2.37. The van der Waals surface area contributed by atoms with Gasteiger partial charge in [0.25, 0.3) is 0 Å². The van der Waals surface area contributed by atoms with E-state index in [0.717, 1.165) is 5.56 Å². The number of nitrogens with zero attached hydrogens (tertiary/aromatic N) is 3. The molecule has 0 radical (unpaired) electrons. The smallest absolute Gasteiger partial charge is 0.319 e. The third kappa shape index (κ3) is 5.04. The van der Waals surface area contributed by atoms with Crippen LogP contribution >= 0.6 is 0 Å². The highest BCUT2D eigenvalue weighted by molar-refractivity contribution is 7.91. The van der Waals surface area contributed by atoms with Crippen molar-refractivity contribution < 1.29 is 17.9 Å². The number of carbonyl (C=O) groups excluding carboxylic acids is 1. The lowest BCUT2D eigenvalue weighted by atomic mass is 10.3. The Balaban J connectivity index is 1.46. The molecule has 0 spiro atoms. The molecule has 1 aliphatic heterocycles. The first-order valence-corrected chi connectivity index (χ1v) is 11.6. The first kappa shape index (κ1) is 21.7. The Morgan fingerprint density at radius 1 is 1.03 bits per heavy atom. The molecule has 9 nitrogen and oxygen atoms in total. The molecule has 4 rings (SSSR count). The van der Waals surface area contributed by atoms with Gasteiger partial charge in [0.15, 0.2) is 0 Å². The number of hydrogen-bond acceptors (Lipinski definition) is 7. The van der Waals surface area contributed by atoms with Crippen molar-refractivity contribution in [1.82, 2.24) is 15.3 Å². The number of amides is 2. The number of ether oxygens (including phenoxy) is 1. The number of pyridine rings is 2. The second-order valence-corrected chi connectivity index (χ2v) is 9.04. The molecule has 0 atom stereocenters. The molecule has 2 aromatic heterocycles. The van der Waals surface area contributed by atoms with Crippen LogP contribution in [0.4, 0.5) is 16.3 Å². The molecule has 2 N–H and O–H groups in total. The number of benzene rings is 1. The van der Waals surface area contributed by atoms with Gasteiger partial charge in [-0.1, -0.05) is 6.07 Å². The summed E-state index contributed by atoms with van der Waals surface area (Å²) >= 11 is 0. The fourth-order valence-corrected chi connectivity index (χ4v) is 4.74. The van der Waals surface area contributed by atoms with Gasteiger partial charge in [0, 0.05) is 43.9 Å². The molecule has 10 heteroatoms. The number of nitrogens with one attached hydrogen (secondary N) is 2. The van der Waals surface area contributed by atoms with Crippen LogP contribution in [0.3, 0.4) is 0 Å². The molecule has 0 aliphatic carbocycles. The number of rotatable bonds is 6. The molecule has 3 aromatic rings. The van der Waals surface area contributed by atoms with Crippen molar-refractivity contribution in [3.63, 3.8) is 0 Å². The Morgan fingerprint density at radius 3 is 2.50 bits per heavy atom. The van der Waals surface area contributed by atoms with Gasteiger partial charge in [-0.25, -0.2) is 18.2 Å². The van der Waals surface area contributed by atoms with E-state index in [-0.39, 0.29) is 9.79 Å². The number of anilines is 2. The third-order valence-corrected chi connectivity index (χ3v) is 6.74. The van der Waals surface area contributed by atoms with Crippen LogP contribution in [0.5, 0.6) is 0 Å². The molecule has 3 heterocycles. The summed E-state index contributed by atoms with van der Waals surface area (Å²) in [4.78, 5) is 22.6. The molecular formula is C22H23N5O4S. The van der Waals surface area contributed by atoms with Gasteiger partial charge in [-0.05, 0) is 48.0 Å². The van der Waals surface area contributed by atoms with Crippen LogP contribution in [-0.4, -0.2) is 50.7 Å². The molecule has 1 fully saturated rings. The van der Waals surface area contributed by atoms with E-state index in [0.29, 0.717) is 44.4 Å². The second kappa shape index (κ2) is 9.75. The Kier molecular flexibility index (Phi) is 6.62. The summed E-state index contributed by atoms with van der Waals surface area (Å²) in [7, 11) is -3.79. The van der Waals surface area contributed by atoms with E-state index in [1.54, 1.807) is 48.9 Å². The van der Waals surface area contributed by atoms with Crippen LogP contribution in [0.1, 0.15) is 5.56 Å². The molecular weight excluding hydrogens is 430 g/mol. The average Bonchev–Trinajstić information content (AvgIpc) is 2.84. The van der Waals surface area contributed by atoms with Gasteiger partial charge in [-0.3, -0.25) is 4.98 Å². The first-order valence-electron chi connectivity index (χ1n) is 10.1. The van der Waals surface area contributed by atoms with Crippen LogP contribution in [0, 0.1) is 0 Å². The zero-order valence-corrected chi connectivity index (χ0v) is 18.1. The van der Waals surface area contributed by atoms with E-state index in [1.165, 1.54) is 12.1 Å². The summed E-state index contributed by atoms with van der Waals surface area (Å²) in [5.41, 5.74) is 1.35. The van der Waals surface area contributed by atoms with E-state index < -0.39 is 15.9 Å². The minimum atomic E-state index is -3.79. The molecule has 2 amide bonds. The van der Waals surface area contributed by atoms with E-state index in [9.17, 15) is 13.2 Å². The third-order valence-electron chi connectivity index (χ3n) is 4.95. The lowest BCUT2D eigenvalue weighted by molar-refractivity contribution is 0.122. The van der Waals surface area contributed by atoms with Crippen molar-refractivity contribution in [2.45, 2.75) is 16.3 Å². The van der Waals surface area contributed by atoms with Gasteiger partial charge in [0.1, 0.15) is 10.7 Å². The molecule has 0 bridgehead atoms. The van der Waals surface area contributed by atoms with Crippen LogP contribution < -0.4 is 15.5 Å². The zero-order valence-electron chi connectivity index (χ0n) is 17.3. The van der Waals surface area contributed by atoms with Crippen molar-refractivity contribution in [3.05, 3.63) is 72.7 Å². The Hall–Kier alpha value is -3.50. The quantitative estimate of drug-likeness (QED) is 0.589. The first-order chi connectivity index (χ1) is 15.5. The zero-order chi connectivity index (χ0) is 22.4. The fraction of sp³-hybridized carbons (Fsp3) is 0.227. The monoisotopic (exact) mass is 453 g/mol. The van der Waals surface area contributed by atoms with E-state index >= 15 is 0 Å². The van der Waals surface area contributed by atoms with Crippen molar-refractivity contribution >= 4 is 27.4 Å². The summed E-state index contributed by atoms with van der Waals surface area (Å²) < 4.78 is 31.9. The predicted molar refractivity (Wildman–Crippen MR) is 119 cm³/mol. The minimum absolute atomic E-state index is 0.126. The molecule has 1 aliphatic rings. The largest absolute Gasteiger partial charge is 0.378 e. The molecule has 1 saturated heterocycles. The Bertz CT molecular complexity index is 1160. The number of morpholine rings is 1. The predicted octanol–water partition coefficient (Wildman–Crippen LogP) is 2.47. The van der Waals surface area contributed by atoms with Gasteiger partial charge in [-0.15, -0.1) is 0 Å². The number of carbonyl (C=O) groups is 1. The van der Waals surface area contributed by atoms with Crippen molar-refractivity contribution in [3.8, 4) is 0 Å². The van der Waals surface area contributed by atoms with Gasteiger partial charge < -0.3 is 20.3 Å². The van der Waals surface area contributed by atoms with Crippen LogP contribution in [0.2, 0.25) is 0 Å². The van der Waals surface area contributed by atoms with Gasteiger partial charge in [-0.2, -0.15) is 0 Å². The topological polar surface area (TPSA) is 114 Å². The number of hydrogen-bond donors (Lipinski definition) is 2. The molecule has 1 aromatic carbocycles. The summed E-state index contributed by atoms with van der Waals surface area (Å²) in [5.74, 6) is 0.424. The van der Waals surface area contributed by atoms with Crippen molar-refractivity contribution in [2.24, 2.45) is 0 Å². The van der Waals surface area contributed by atoms with Gasteiger partial charge in [0.2, 0.25) is 9.84 Å². The Morgan fingerprint density at radius 2 is 1.78 bits per heavy atom. The van der Waals surface area contributed by atoms with E-state index in [4.69, 9.17) is 4.74 Å². The molecule has 0 unspecified atom stereocenters.